The molecule has 4 rings (SSSR count). The first-order chi connectivity index (χ1) is 10.9. The summed E-state index contributed by atoms with van der Waals surface area (Å²) < 4.78 is 7.66. The second kappa shape index (κ2) is 5.92. The number of thiazole rings is 1. The lowest BCUT2D eigenvalue weighted by Crippen LogP contribution is -2.38. The van der Waals surface area contributed by atoms with Crippen molar-refractivity contribution in [3.05, 3.63) is 36.2 Å². The first kappa shape index (κ1) is 13.5. The highest BCUT2D eigenvalue weighted by Gasteiger charge is 2.23. The lowest BCUT2D eigenvalue weighted by atomic mass is 9.99. The number of fused-ring (bicyclic) bond motifs is 1. The molecular weight excluding hydrogens is 298 g/mol. The minimum Gasteiger partial charge on any atom is -0.470 e. The van der Waals surface area contributed by atoms with Crippen LogP contribution in [0, 0.1) is 5.92 Å². The Morgan fingerprint density at radius 1 is 1.27 bits per heavy atom. The Morgan fingerprint density at radius 2 is 2.27 bits per heavy atom. The van der Waals surface area contributed by atoms with Crippen LogP contribution in [0.1, 0.15) is 12.8 Å². The summed E-state index contributed by atoms with van der Waals surface area (Å²) in [6, 6.07) is 2.01. The first-order valence-electron chi connectivity index (χ1n) is 7.46. The van der Waals surface area contributed by atoms with Crippen LogP contribution in [0.25, 0.3) is 5.52 Å². The van der Waals surface area contributed by atoms with E-state index in [-0.39, 0.29) is 0 Å². The fourth-order valence-electron chi connectivity index (χ4n) is 2.95. The average Bonchev–Trinajstić information content (AvgIpc) is 3.24. The molecule has 1 fully saturated rings. The molecule has 3 aromatic heterocycles. The number of anilines is 1. The van der Waals surface area contributed by atoms with Gasteiger partial charge in [-0.15, -0.1) is 0 Å². The Kier molecular flexibility index (Phi) is 3.64. The summed E-state index contributed by atoms with van der Waals surface area (Å²) in [5, 5.41) is 6.98. The molecule has 1 saturated heterocycles. The maximum atomic E-state index is 5.78. The van der Waals surface area contributed by atoms with Crippen molar-refractivity contribution >= 4 is 22.7 Å². The van der Waals surface area contributed by atoms with Crippen molar-refractivity contribution in [2.75, 3.05) is 24.6 Å². The van der Waals surface area contributed by atoms with Crippen LogP contribution in [0.3, 0.4) is 0 Å². The van der Waals surface area contributed by atoms with E-state index in [0.29, 0.717) is 12.5 Å². The van der Waals surface area contributed by atoms with Crippen LogP contribution in [-0.4, -0.2) is 39.3 Å². The SMILES string of the molecule is c1csc(OCC2CCCN(c3nccn4nccc34)C2)n1. The molecule has 1 atom stereocenters. The van der Waals surface area contributed by atoms with Gasteiger partial charge in [0.2, 0.25) is 0 Å². The zero-order chi connectivity index (χ0) is 14.8. The molecule has 6 nitrogen and oxygen atoms in total. The Balaban J connectivity index is 1.47. The molecule has 0 aromatic carbocycles. The minimum atomic E-state index is 0.502. The molecule has 0 bridgehead atoms. The van der Waals surface area contributed by atoms with Crippen molar-refractivity contribution in [2.45, 2.75) is 12.8 Å². The molecule has 7 heteroatoms. The summed E-state index contributed by atoms with van der Waals surface area (Å²) in [5.41, 5.74) is 1.06. The molecule has 0 aliphatic carbocycles. The van der Waals surface area contributed by atoms with Crippen LogP contribution in [0.5, 0.6) is 5.19 Å². The van der Waals surface area contributed by atoms with E-state index >= 15 is 0 Å². The van der Waals surface area contributed by atoms with Gasteiger partial charge < -0.3 is 9.64 Å². The standard InChI is InChI=1S/C15H17N5OS/c1-2-12(11-21-15-17-6-9-22-15)10-19(7-1)14-13-3-4-18-20(13)8-5-16-14/h3-6,8-9,12H,1-2,7,10-11H2. The van der Waals surface area contributed by atoms with Gasteiger partial charge in [-0.25, -0.2) is 14.5 Å². The van der Waals surface area contributed by atoms with Crippen LogP contribution >= 0.6 is 11.3 Å². The minimum absolute atomic E-state index is 0.502. The van der Waals surface area contributed by atoms with Crippen LogP contribution in [0.2, 0.25) is 0 Å². The van der Waals surface area contributed by atoms with Gasteiger partial charge in [0.25, 0.3) is 5.19 Å². The quantitative estimate of drug-likeness (QED) is 0.740. The second-order valence-corrected chi connectivity index (χ2v) is 6.33. The van der Waals surface area contributed by atoms with Gasteiger partial charge in [-0.3, -0.25) is 0 Å². The van der Waals surface area contributed by atoms with Gasteiger partial charge in [0.05, 0.1) is 12.8 Å². The molecule has 1 unspecified atom stereocenters. The third-order valence-corrected chi connectivity index (χ3v) is 4.66. The van der Waals surface area contributed by atoms with E-state index in [9.17, 15) is 0 Å². The Hall–Kier alpha value is -2.15. The largest absolute Gasteiger partial charge is 0.470 e. The fourth-order valence-corrected chi connectivity index (χ4v) is 3.45. The second-order valence-electron chi connectivity index (χ2n) is 5.48. The zero-order valence-corrected chi connectivity index (χ0v) is 12.9. The highest BCUT2D eigenvalue weighted by Crippen LogP contribution is 2.25. The molecule has 22 heavy (non-hydrogen) atoms. The Labute approximate surface area is 132 Å². The lowest BCUT2D eigenvalue weighted by molar-refractivity contribution is 0.228. The van der Waals surface area contributed by atoms with Gasteiger partial charge >= 0.3 is 0 Å². The molecule has 0 amide bonds. The van der Waals surface area contributed by atoms with Crippen molar-refractivity contribution in [1.29, 1.82) is 0 Å². The number of aromatic nitrogens is 4. The average molecular weight is 315 g/mol. The monoisotopic (exact) mass is 315 g/mol. The lowest BCUT2D eigenvalue weighted by Gasteiger charge is -2.33. The molecule has 1 aliphatic heterocycles. The van der Waals surface area contributed by atoms with Crippen LogP contribution < -0.4 is 9.64 Å². The van der Waals surface area contributed by atoms with Gasteiger partial charge in [0.15, 0.2) is 5.82 Å². The van der Waals surface area contributed by atoms with E-state index in [0.717, 1.165) is 36.0 Å². The van der Waals surface area contributed by atoms with Gasteiger partial charge in [-0.05, 0) is 18.9 Å². The summed E-state index contributed by atoms with van der Waals surface area (Å²) >= 11 is 1.54. The number of nitrogens with zero attached hydrogens (tertiary/aromatic N) is 5. The Morgan fingerprint density at radius 3 is 3.18 bits per heavy atom. The summed E-state index contributed by atoms with van der Waals surface area (Å²) in [6.07, 6.45) is 9.62. The molecule has 0 saturated carbocycles. The maximum absolute atomic E-state index is 5.78. The van der Waals surface area contributed by atoms with Gasteiger partial charge in [-0.2, -0.15) is 5.10 Å². The number of rotatable bonds is 4. The zero-order valence-electron chi connectivity index (χ0n) is 12.1. The Bertz CT molecular complexity index is 741. The molecule has 3 aromatic rings. The molecule has 4 heterocycles. The molecule has 1 aliphatic rings. The molecule has 114 valence electrons. The highest BCUT2D eigenvalue weighted by atomic mass is 32.1. The van der Waals surface area contributed by atoms with E-state index in [4.69, 9.17) is 4.74 Å². The number of piperidine rings is 1. The predicted molar refractivity (Wildman–Crippen MR) is 85.5 cm³/mol. The van der Waals surface area contributed by atoms with E-state index in [2.05, 4.69) is 20.0 Å². The highest BCUT2D eigenvalue weighted by molar-refractivity contribution is 7.11. The predicted octanol–water partition coefficient (Wildman–Crippen LogP) is 2.48. The summed E-state index contributed by atoms with van der Waals surface area (Å²) in [7, 11) is 0. The molecule has 0 N–H and O–H groups in total. The van der Waals surface area contributed by atoms with E-state index in [1.807, 2.05) is 34.6 Å². The van der Waals surface area contributed by atoms with Gasteiger partial charge in [0.1, 0.15) is 5.52 Å². The maximum Gasteiger partial charge on any atom is 0.273 e. The molecular formula is C15H17N5OS. The van der Waals surface area contributed by atoms with E-state index in [1.54, 1.807) is 17.5 Å². The number of ether oxygens (including phenoxy) is 1. The normalized spacial score (nSPS) is 18.7. The third kappa shape index (κ3) is 2.64. The molecule has 0 spiro atoms. The number of hydrogen-bond acceptors (Lipinski definition) is 6. The summed E-state index contributed by atoms with van der Waals surface area (Å²) in [6.45, 7) is 2.71. The van der Waals surface area contributed by atoms with Crippen molar-refractivity contribution in [2.24, 2.45) is 5.92 Å². The van der Waals surface area contributed by atoms with Crippen molar-refractivity contribution in [3.8, 4) is 5.19 Å². The first-order valence-corrected chi connectivity index (χ1v) is 8.34. The summed E-state index contributed by atoms with van der Waals surface area (Å²) in [4.78, 5) is 11.1. The third-order valence-electron chi connectivity index (χ3n) is 3.97. The topological polar surface area (TPSA) is 55.5 Å². The fraction of sp³-hybridized carbons (Fsp3) is 0.400. The van der Waals surface area contributed by atoms with Crippen molar-refractivity contribution < 1.29 is 4.74 Å². The van der Waals surface area contributed by atoms with Gasteiger partial charge in [-0.1, -0.05) is 11.3 Å². The van der Waals surface area contributed by atoms with Crippen LogP contribution in [0.4, 0.5) is 5.82 Å². The van der Waals surface area contributed by atoms with Crippen molar-refractivity contribution in [3.63, 3.8) is 0 Å². The van der Waals surface area contributed by atoms with Crippen molar-refractivity contribution in [1.82, 2.24) is 19.6 Å². The van der Waals surface area contributed by atoms with Gasteiger partial charge in [0, 0.05) is 43.0 Å². The molecule has 0 radical (unpaired) electrons. The number of hydrogen-bond donors (Lipinski definition) is 0. The van der Waals surface area contributed by atoms with Crippen LogP contribution in [0.15, 0.2) is 36.2 Å². The smallest absolute Gasteiger partial charge is 0.273 e. The van der Waals surface area contributed by atoms with E-state index in [1.165, 1.54) is 6.42 Å². The van der Waals surface area contributed by atoms with Crippen LogP contribution in [-0.2, 0) is 0 Å². The summed E-state index contributed by atoms with van der Waals surface area (Å²) in [5.74, 6) is 1.52. The van der Waals surface area contributed by atoms with E-state index < -0.39 is 0 Å².